The summed E-state index contributed by atoms with van der Waals surface area (Å²) in [5, 5.41) is 0. The van der Waals surface area contributed by atoms with E-state index in [9.17, 15) is 4.79 Å². The van der Waals surface area contributed by atoms with Gasteiger partial charge in [0.2, 0.25) is 0 Å². The Morgan fingerprint density at radius 3 is 2.38 bits per heavy atom. The lowest BCUT2D eigenvalue weighted by atomic mass is 10.2. The molecule has 0 aliphatic rings. The van der Waals surface area contributed by atoms with Gasteiger partial charge in [-0.3, -0.25) is 4.79 Å². The zero-order valence-corrected chi connectivity index (χ0v) is 16.8. The maximum Gasteiger partial charge on any atom is 0.254 e. The van der Waals surface area contributed by atoms with E-state index in [1.165, 1.54) is 0 Å². The van der Waals surface area contributed by atoms with Crippen molar-refractivity contribution in [3.63, 3.8) is 0 Å². The molecule has 3 nitrogen and oxygen atoms in total. The number of rotatable bonds is 8. The van der Waals surface area contributed by atoms with Crippen LogP contribution in [0.15, 0.2) is 22.7 Å². The molecule has 0 unspecified atom stereocenters. The van der Waals surface area contributed by atoms with Crippen molar-refractivity contribution in [3.05, 3.63) is 31.8 Å². The number of nitrogens with zero attached hydrogens (tertiary/aromatic N) is 2. The molecule has 0 heterocycles. The summed E-state index contributed by atoms with van der Waals surface area (Å²) in [6, 6.07) is 5.86. The Balaban J connectivity index is 2.67. The number of amides is 1. The van der Waals surface area contributed by atoms with E-state index in [0.29, 0.717) is 0 Å². The molecule has 0 aliphatic heterocycles. The summed E-state index contributed by atoms with van der Waals surface area (Å²) in [5.41, 5.74) is 0.787. The van der Waals surface area contributed by atoms with Crippen LogP contribution in [0.4, 0.5) is 0 Å². The van der Waals surface area contributed by atoms with Crippen molar-refractivity contribution in [1.82, 2.24) is 9.80 Å². The van der Waals surface area contributed by atoms with Crippen molar-refractivity contribution in [3.8, 4) is 0 Å². The Morgan fingerprint density at radius 1 is 1.14 bits per heavy atom. The van der Waals surface area contributed by atoms with Crippen LogP contribution in [-0.2, 0) is 0 Å². The van der Waals surface area contributed by atoms with Gasteiger partial charge in [-0.2, -0.15) is 0 Å². The third kappa shape index (κ3) is 5.87. The first-order valence-electron chi connectivity index (χ1n) is 7.50. The highest BCUT2D eigenvalue weighted by molar-refractivity contribution is 14.1. The summed E-state index contributed by atoms with van der Waals surface area (Å²) in [4.78, 5) is 17.0. The van der Waals surface area contributed by atoms with E-state index in [1.54, 1.807) is 0 Å². The molecule has 0 spiro atoms. The van der Waals surface area contributed by atoms with Gasteiger partial charge in [-0.15, -0.1) is 0 Å². The summed E-state index contributed by atoms with van der Waals surface area (Å²) in [6.45, 7) is 11.1. The molecule has 1 rings (SSSR count). The molecule has 0 aromatic heterocycles. The maximum atomic E-state index is 12.7. The van der Waals surface area contributed by atoms with Crippen LogP contribution in [0.2, 0.25) is 0 Å². The minimum absolute atomic E-state index is 0.128. The van der Waals surface area contributed by atoms with Crippen LogP contribution >= 0.6 is 38.5 Å². The minimum atomic E-state index is 0.128. The molecular weight excluding hydrogens is 443 g/mol. The number of hydrogen-bond donors (Lipinski definition) is 0. The lowest BCUT2D eigenvalue weighted by molar-refractivity contribution is 0.0756. The monoisotopic (exact) mass is 466 g/mol. The van der Waals surface area contributed by atoms with Gasteiger partial charge in [0.15, 0.2) is 0 Å². The number of carbonyl (C=O) groups is 1. The Labute approximate surface area is 150 Å². The van der Waals surface area contributed by atoms with Crippen LogP contribution in [0.1, 0.15) is 37.6 Å². The van der Waals surface area contributed by atoms with Gasteiger partial charge >= 0.3 is 0 Å². The summed E-state index contributed by atoms with van der Waals surface area (Å²) >= 11 is 5.67. The highest BCUT2D eigenvalue weighted by atomic mass is 127. The maximum absolute atomic E-state index is 12.7. The quantitative estimate of drug-likeness (QED) is 0.534. The molecule has 0 fully saturated rings. The van der Waals surface area contributed by atoms with Crippen molar-refractivity contribution in [2.45, 2.75) is 27.2 Å². The Bertz CT molecular complexity index is 464. The van der Waals surface area contributed by atoms with Gasteiger partial charge in [0.1, 0.15) is 0 Å². The standard InChI is InChI=1S/C16H24BrIN2O/c1-4-19(5-2)10-7-11-20(6-3)16(21)14-12-13(17)8-9-15(14)18/h8-9,12H,4-7,10-11H2,1-3H3. The third-order valence-corrected chi connectivity index (χ3v) is 5.06. The van der Waals surface area contributed by atoms with Crippen LogP contribution in [0, 0.1) is 3.57 Å². The molecule has 21 heavy (non-hydrogen) atoms. The second-order valence-electron chi connectivity index (χ2n) is 4.89. The predicted octanol–water partition coefficient (Wildman–Crippen LogP) is 4.25. The fourth-order valence-corrected chi connectivity index (χ4v) is 3.19. The van der Waals surface area contributed by atoms with Crippen molar-refractivity contribution in [2.24, 2.45) is 0 Å². The van der Waals surface area contributed by atoms with Crippen LogP contribution in [-0.4, -0.2) is 48.4 Å². The van der Waals surface area contributed by atoms with Crippen molar-refractivity contribution >= 4 is 44.4 Å². The minimum Gasteiger partial charge on any atom is -0.339 e. The Hall–Kier alpha value is -0.140. The fourth-order valence-electron chi connectivity index (χ4n) is 2.26. The van der Waals surface area contributed by atoms with Gasteiger partial charge in [-0.25, -0.2) is 0 Å². The highest BCUT2D eigenvalue weighted by Crippen LogP contribution is 2.20. The van der Waals surface area contributed by atoms with E-state index < -0.39 is 0 Å². The van der Waals surface area contributed by atoms with Crippen LogP contribution in [0.3, 0.4) is 0 Å². The lowest BCUT2D eigenvalue weighted by Crippen LogP contribution is -2.34. The molecule has 0 bridgehead atoms. The first-order chi connectivity index (χ1) is 10.0. The van der Waals surface area contributed by atoms with E-state index in [2.05, 4.69) is 57.3 Å². The number of halogens is 2. The van der Waals surface area contributed by atoms with Gasteiger partial charge in [0.05, 0.1) is 5.56 Å². The second kappa shape index (κ2) is 9.79. The lowest BCUT2D eigenvalue weighted by Gasteiger charge is -2.24. The van der Waals surface area contributed by atoms with E-state index >= 15 is 0 Å². The highest BCUT2D eigenvalue weighted by Gasteiger charge is 2.17. The average Bonchev–Trinajstić information content (AvgIpc) is 2.49. The topological polar surface area (TPSA) is 23.6 Å². The normalized spacial score (nSPS) is 11.0. The second-order valence-corrected chi connectivity index (χ2v) is 6.97. The first kappa shape index (κ1) is 18.9. The SMILES string of the molecule is CCN(CC)CCCN(CC)C(=O)c1cc(Br)ccc1I. The van der Waals surface area contributed by atoms with Crippen molar-refractivity contribution in [2.75, 3.05) is 32.7 Å². The summed E-state index contributed by atoms with van der Waals surface area (Å²) in [5.74, 6) is 0.128. The summed E-state index contributed by atoms with van der Waals surface area (Å²) in [7, 11) is 0. The molecule has 1 aromatic rings. The molecule has 5 heteroatoms. The number of hydrogen-bond acceptors (Lipinski definition) is 2. The zero-order chi connectivity index (χ0) is 15.8. The third-order valence-electron chi connectivity index (χ3n) is 3.62. The van der Waals surface area contributed by atoms with Gasteiger partial charge in [0.25, 0.3) is 5.91 Å². The predicted molar refractivity (Wildman–Crippen MR) is 101 cm³/mol. The zero-order valence-electron chi connectivity index (χ0n) is 13.0. The molecule has 0 atom stereocenters. The molecular formula is C16H24BrIN2O. The van der Waals surface area contributed by atoms with E-state index in [-0.39, 0.29) is 5.91 Å². The largest absolute Gasteiger partial charge is 0.339 e. The van der Waals surface area contributed by atoms with Gasteiger partial charge in [-0.05, 0) is 73.8 Å². The smallest absolute Gasteiger partial charge is 0.254 e. The summed E-state index contributed by atoms with van der Waals surface area (Å²) in [6.07, 6.45) is 1.02. The van der Waals surface area contributed by atoms with E-state index in [0.717, 1.165) is 52.8 Å². The number of carbonyl (C=O) groups excluding carboxylic acids is 1. The summed E-state index contributed by atoms with van der Waals surface area (Å²) < 4.78 is 1.95. The van der Waals surface area contributed by atoms with Crippen LogP contribution in [0.5, 0.6) is 0 Å². The molecule has 0 saturated carbocycles. The van der Waals surface area contributed by atoms with Crippen LogP contribution < -0.4 is 0 Å². The Morgan fingerprint density at radius 2 is 1.81 bits per heavy atom. The molecule has 1 amide bonds. The first-order valence-corrected chi connectivity index (χ1v) is 9.37. The molecule has 118 valence electrons. The molecule has 0 saturated heterocycles. The molecule has 0 radical (unpaired) electrons. The van der Waals surface area contributed by atoms with E-state index in [4.69, 9.17) is 0 Å². The average molecular weight is 467 g/mol. The van der Waals surface area contributed by atoms with Gasteiger partial charge in [-0.1, -0.05) is 29.8 Å². The fraction of sp³-hybridized carbons (Fsp3) is 0.562. The molecule has 0 aliphatic carbocycles. The molecule has 1 aromatic carbocycles. The van der Waals surface area contributed by atoms with Crippen molar-refractivity contribution < 1.29 is 4.79 Å². The van der Waals surface area contributed by atoms with Crippen LogP contribution in [0.25, 0.3) is 0 Å². The van der Waals surface area contributed by atoms with Crippen molar-refractivity contribution in [1.29, 1.82) is 0 Å². The van der Waals surface area contributed by atoms with E-state index in [1.807, 2.05) is 30.0 Å². The number of benzene rings is 1. The molecule has 0 N–H and O–H groups in total. The Kier molecular flexibility index (Phi) is 8.82. The van der Waals surface area contributed by atoms with Gasteiger partial charge < -0.3 is 9.80 Å². The van der Waals surface area contributed by atoms with Gasteiger partial charge in [0, 0.05) is 21.1 Å².